The van der Waals surface area contributed by atoms with Gasteiger partial charge in [-0.25, -0.2) is 13.2 Å². The van der Waals surface area contributed by atoms with E-state index in [9.17, 15) is 17.6 Å². The lowest BCUT2D eigenvalue weighted by atomic mass is 9.76. The smallest absolute Gasteiger partial charge is 0.289 e. The van der Waals surface area contributed by atoms with Crippen LogP contribution >= 0.6 is 0 Å². The third-order valence-electron chi connectivity index (χ3n) is 3.15. The van der Waals surface area contributed by atoms with Crippen molar-refractivity contribution in [2.24, 2.45) is 5.41 Å². The largest absolute Gasteiger partial charge is 0.333 e. The molecule has 2 atom stereocenters. The van der Waals surface area contributed by atoms with Crippen molar-refractivity contribution in [3.05, 3.63) is 0 Å². The van der Waals surface area contributed by atoms with Crippen LogP contribution in [0.4, 0.5) is 17.6 Å². The number of hydrogen-bond acceptors (Lipinski definition) is 1. The highest BCUT2D eigenvalue weighted by atomic mass is 19.3. The average molecular weight is 214 g/mol. The molecule has 0 radical (unpaired) electrons. The molecule has 0 aromatic carbocycles. The molecule has 1 rings (SSSR count). The maximum absolute atomic E-state index is 13.7. The molecule has 1 aliphatic heterocycles. The minimum atomic E-state index is -3.54. The number of halogens is 4. The third kappa shape index (κ3) is 1.05. The van der Waals surface area contributed by atoms with Crippen LogP contribution in [0.3, 0.4) is 0 Å². The van der Waals surface area contributed by atoms with Gasteiger partial charge in [-0.1, -0.05) is 0 Å². The maximum atomic E-state index is 13.7. The minimum Gasteiger partial charge on any atom is -0.333 e. The molecule has 2 unspecified atom stereocenters. The summed E-state index contributed by atoms with van der Waals surface area (Å²) < 4.78 is 58.3. The highest BCUT2D eigenvalue weighted by molar-refractivity contribution is 5.12. The first kappa shape index (κ1) is 11.8. The zero-order chi connectivity index (χ0) is 11.4. The predicted molar refractivity (Wildman–Crippen MR) is 43.7 cm³/mol. The van der Waals surface area contributed by atoms with Crippen molar-refractivity contribution in [2.45, 2.75) is 45.1 Å². The molecule has 0 saturated carbocycles. The van der Waals surface area contributed by atoms with Crippen LogP contribution < -0.4 is 0 Å². The van der Waals surface area contributed by atoms with Crippen LogP contribution in [0.25, 0.3) is 0 Å². The summed E-state index contributed by atoms with van der Waals surface area (Å²) in [4.78, 5) is 0. The van der Waals surface area contributed by atoms with Crippen molar-refractivity contribution < 1.29 is 22.3 Å². The Bertz CT molecular complexity index is 249. The lowest BCUT2D eigenvalue weighted by Crippen LogP contribution is -2.52. The van der Waals surface area contributed by atoms with Crippen LogP contribution in [0.5, 0.6) is 0 Å². The molecule has 0 aromatic heterocycles. The van der Waals surface area contributed by atoms with Gasteiger partial charge in [0.2, 0.25) is 5.85 Å². The molecule has 0 amide bonds. The van der Waals surface area contributed by atoms with Crippen molar-refractivity contribution >= 4 is 0 Å². The summed E-state index contributed by atoms with van der Waals surface area (Å²) in [6.07, 6.45) is 0. The van der Waals surface area contributed by atoms with Gasteiger partial charge in [0, 0.05) is 0 Å². The Hall–Kier alpha value is -0.320. The maximum Gasteiger partial charge on any atom is 0.289 e. The number of ether oxygens (including phenoxy) is 1. The van der Waals surface area contributed by atoms with E-state index in [1.165, 1.54) is 0 Å². The van der Waals surface area contributed by atoms with E-state index in [1.54, 1.807) is 0 Å². The first-order valence-corrected chi connectivity index (χ1v) is 4.35. The molecule has 14 heavy (non-hydrogen) atoms. The van der Waals surface area contributed by atoms with E-state index >= 15 is 0 Å². The van der Waals surface area contributed by atoms with E-state index in [-0.39, 0.29) is 0 Å². The number of alkyl halides is 4. The van der Waals surface area contributed by atoms with Crippen LogP contribution in [-0.4, -0.2) is 24.1 Å². The second-order valence-electron chi connectivity index (χ2n) is 4.57. The summed E-state index contributed by atoms with van der Waals surface area (Å²) in [5.41, 5.74) is -4.42. The molecule has 1 aliphatic rings. The van der Waals surface area contributed by atoms with E-state index in [4.69, 9.17) is 0 Å². The zero-order valence-corrected chi connectivity index (χ0v) is 8.63. The molecule has 0 N–H and O–H groups in total. The Morgan fingerprint density at radius 3 is 1.57 bits per heavy atom. The van der Waals surface area contributed by atoms with Crippen molar-refractivity contribution in [1.29, 1.82) is 0 Å². The molecule has 0 aliphatic carbocycles. The second-order valence-corrected chi connectivity index (χ2v) is 4.57. The molecular weight excluding hydrogens is 200 g/mol. The van der Waals surface area contributed by atoms with Gasteiger partial charge in [0.05, 0.1) is 0 Å². The SMILES string of the molecule is CC1(C)OC(C)(F)C(C)(CF)C1(F)F. The molecule has 1 heterocycles. The predicted octanol–water partition coefficient (Wildman–Crippen LogP) is 3.09. The van der Waals surface area contributed by atoms with Gasteiger partial charge >= 0.3 is 0 Å². The molecule has 84 valence electrons. The van der Waals surface area contributed by atoms with E-state index in [0.29, 0.717) is 0 Å². The van der Waals surface area contributed by atoms with Crippen LogP contribution in [0.1, 0.15) is 27.7 Å². The quantitative estimate of drug-likeness (QED) is 0.609. The monoisotopic (exact) mass is 214 g/mol. The Morgan fingerprint density at radius 1 is 1.00 bits per heavy atom. The fourth-order valence-electron chi connectivity index (χ4n) is 1.80. The van der Waals surface area contributed by atoms with Gasteiger partial charge in [-0.05, 0) is 27.7 Å². The summed E-state index contributed by atoms with van der Waals surface area (Å²) in [6, 6.07) is 0. The second kappa shape index (κ2) is 2.62. The highest BCUT2D eigenvalue weighted by Gasteiger charge is 2.76. The van der Waals surface area contributed by atoms with Gasteiger partial charge in [0.25, 0.3) is 5.92 Å². The van der Waals surface area contributed by atoms with Crippen LogP contribution in [0.2, 0.25) is 0 Å². The molecule has 0 spiro atoms. The van der Waals surface area contributed by atoms with Crippen molar-refractivity contribution in [1.82, 2.24) is 0 Å². The Kier molecular flexibility index (Phi) is 2.20. The van der Waals surface area contributed by atoms with Crippen LogP contribution in [0.15, 0.2) is 0 Å². The van der Waals surface area contributed by atoms with Gasteiger partial charge in [-0.3, -0.25) is 4.39 Å². The number of rotatable bonds is 1. The number of hydrogen-bond donors (Lipinski definition) is 0. The Morgan fingerprint density at radius 2 is 1.43 bits per heavy atom. The zero-order valence-electron chi connectivity index (χ0n) is 8.63. The van der Waals surface area contributed by atoms with Crippen molar-refractivity contribution in [3.63, 3.8) is 0 Å². The first-order valence-electron chi connectivity index (χ1n) is 4.35. The molecule has 1 fully saturated rings. The molecule has 1 saturated heterocycles. The van der Waals surface area contributed by atoms with Gasteiger partial charge in [0.15, 0.2) is 0 Å². The summed E-state index contributed by atoms with van der Waals surface area (Å²) in [5.74, 6) is -6.20. The van der Waals surface area contributed by atoms with Gasteiger partial charge < -0.3 is 4.74 Å². The fourth-order valence-corrected chi connectivity index (χ4v) is 1.80. The van der Waals surface area contributed by atoms with E-state index in [0.717, 1.165) is 27.7 Å². The average Bonchev–Trinajstić information content (AvgIpc) is 2.07. The van der Waals surface area contributed by atoms with Crippen molar-refractivity contribution in [3.8, 4) is 0 Å². The van der Waals surface area contributed by atoms with Crippen LogP contribution in [0, 0.1) is 5.41 Å². The summed E-state index contributed by atoms with van der Waals surface area (Å²) >= 11 is 0. The first-order chi connectivity index (χ1) is 6.02. The van der Waals surface area contributed by atoms with Crippen molar-refractivity contribution in [2.75, 3.05) is 6.67 Å². The molecule has 0 aromatic rings. The normalized spacial score (nSPS) is 45.4. The third-order valence-corrected chi connectivity index (χ3v) is 3.15. The fraction of sp³-hybridized carbons (Fsp3) is 1.00. The van der Waals surface area contributed by atoms with E-state index in [1.807, 2.05) is 0 Å². The summed E-state index contributed by atoms with van der Waals surface area (Å²) in [6.45, 7) is 2.37. The van der Waals surface area contributed by atoms with E-state index in [2.05, 4.69) is 4.74 Å². The van der Waals surface area contributed by atoms with E-state index < -0.39 is 29.5 Å². The van der Waals surface area contributed by atoms with Gasteiger partial charge in [0.1, 0.15) is 17.7 Å². The standard InChI is InChI=1S/C9H14F4O/c1-6(2)9(12,13)7(3,5-10)8(4,11)14-6/h5H2,1-4H3. The Labute approximate surface area is 80.4 Å². The van der Waals surface area contributed by atoms with Gasteiger partial charge in [-0.2, -0.15) is 0 Å². The lowest BCUT2D eigenvalue weighted by Gasteiger charge is -2.34. The topological polar surface area (TPSA) is 9.23 Å². The van der Waals surface area contributed by atoms with Gasteiger partial charge in [-0.15, -0.1) is 0 Å². The Balaban J connectivity index is 3.28. The summed E-state index contributed by atoms with van der Waals surface area (Å²) in [7, 11) is 0. The van der Waals surface area contributed by atoms with Crippen LogP contribution in [-0.2, 0) is 4.74 Å². The summed E-state index contributed by atoms with van der Waals surface area (Å²) in [5, 5.41) is 0. The molecule has 5 heteroatoms. The minimum absolute atomic E-state index is 0.843. The molecule has 1 nitrogen and oxygen atoms in total. The highest BCUT2D eigenvalue weighted by Crippen LogP contribution is 2.61. The lowest BCUT2D eigenvalue weighted by molar-refractivity contribution is -0.190. The molecule has 0 bridgehead atoms. The molecular formula is C9H14F4O.